The second kappa shape index (κ2) is 11.8. The molecule has 31 heavy (non-hydrogen) atoms. The van der Waals surface area contributed by atoms with Crippen molar-refractivity contribution in [2.75, 3.05) is 26.3 Å². The molecule has 168 valence electrons. The van der Waals surface area contributed by atoms with E-state index in [1.54, 1.807) is 0 Å². The highest BCUT2D eigenvalue weighted by atomic mass is 35.5. The second-order valence-corrected chi connectivity index (χ2v) is 9.13. The molecule has 1 aliphatic rings. The molecule has 2 aromatic rings. The smallest absolute Gasteiger partial charge is 0.145 e. The second-order valence-electron chi connectivity index (χ2n) is 8.32. The SMILES string of the molecule is CC(C)COC[C@@H](O)CN(Cc1ccccc1Cl)C[C@@H]1CC(c2ccccc2Cl)=NO1. The maximum absolute atomic E-state index is 10.5. The van der Waals surface area contributed by atoms with Crippen LogP contribution in [0.25, 0.3) is 0 Å². The first kappa shape index (κ1) is 24.0. The van der Waals surface area contributed by atoms with Crippen LogP contribution in [0.4, 0.5) is 0 Å². The number of hydrogen-bond acceptors (Lipinski definition) is 5. The van der Waals surface area contributed by atoms with E-state index in [2.05, 4.69) is 23.9 Å². The zero-order valence-electron chi connectivity index (χ0n) is 18.0. The van der Waals surface area contributed by atoms with Gasteiger partial charge in [0, 0.05) is 48.3 Å². The third-order valence-electron chi connectivity index (χ3n) is 4.96. The normalized spacial score (nSPS) is 17.1. The fourth-order valence-electron chi connectivity index (χ4n) is 3.53. The molecule has 0 spiro atoms. The molecule has 0 saturated carbocycles. The first-order chi connectivity index (χ1) is 14.9. The van der Waals surface area contributed by atoms with Crippen LogP contribution in [-0.4, -0.2) is 54.2 Å². The molecule has 0 bridgehead atoms. The van der Waals surface area contributed by atoms with Crippen LogP contribution in [0.15, 0.2) is 53.7 Å². The predicted molar refractivity (Wildman–Crippen MR) is 126 cm³/mol. The van der Waals surface area contributed by atoms with Crippen molar-refractivity contribution in [1.29, 1.82) is 0 Å². The van der Waals surface area contributed by atoms with Crippen LogP contribution in [0.1, 0.15) is 31.4 Å². The van der Waals surface area contributed by atoms with Gasteiger partial charge in [-0.15, -0.1) is 0 Å². The van der Waals surface area contributed by atoms with Crippen molar-refractivity contribution in [2.45, 2.75) is 39.0 Å². The Morgan fingerprint density at radius 2 is 1.81 bits per heavy atom. The van der Waals surface area contributed by atoms with Crippen LogP contribution in [-0.2, 0) is 16.1 Å². The molecule has 0 unspecified atom stereocenters. The van der Waals surface area contributed by atoms with Gasteiger partial charge < -0.3 is 14.7 Å². The minimum absolute atomic E-state index is 0.127. The lowest BCUT2D eigenvalue weighted by Gasteiger charge is -2.27. The summed E-state index contributed by atoms with van der Waals surface area (Å²) in [5.74, 6) is 0.429. The monoisotopic (exact) mass is 464 g/mol. The van der Waals surface area contributed by atoms with E-state index >= 15 is 0 Å². The molecule has 1 aliphatic heterocycles. The van der Waals surface area contributed by atoms with Crippen molar-refractivity contribution in [3.05, 3.63) is 69.7 Å². The first-order valence-corrected chi connectivity index (χ1v) is 11.4. The highest BCUT2D eigenvalue weighted by Crippen LogP contribution is 2.24. The van der Waals surface area contributed by atoms with Crippen LogP contribution in [0.5, 0.6) is 0 Å². The molecule has 0 amide bonds. The van der Waals surface area contributed by atoms with Gasteiger partial charge in [0.1, 0.15) is 6.10 Å². The molecular weight excluding hydrogens is 435 g/mol. The lowest BCUT2D eigenvalue weighted by Crippen LogP contribution is -2.39. The van der Waals surface area contributed by atoms with Gasteiger partial charge in [-0.05, 0) is 23.6 Å². The van der Waals surface area contributed by atoms with Crippen LogP contribution in [0.2, 0.25) is 10.0 Å². The van der Waals surface area contributed by atoms with E-state index in [1.807, 2.05) is 48.5 Å². The van der Waals surface area contributed by atoms with E-state index in [4.69, 9.17) is 32.8 Å². The van der Waals surface area contributed by atoms with Crippen molar-refractivity contribution in [3.63, 3.8) is 0 Å². The highest BCUT2D eigenvalue weighted by molar-refractivity contribution is 6.34. The average molecular weight is 465 g/mol. The third kappa shape index (κ3) is 7.48. The summed E-state index contributed by atoms with van der Waals surface area (Å²) in [6.45, 7) is 6.75. The van der Waals surface area contributed by atoms with Gasteiger partial charge in [0.15, 0.2) is 0 Å². The van der Waals surface area contributed by atoms with Crippen molar-refractivity contribution >= 4 is 28.9 Å². The average Bonchev–Trinajstić information content (AvgIpc) is 3.18. The number of aliphatic hydroxyl groups excluding tert-OH is 1. The van der Waals surface area contributed by atoms with E-state index in [0.29, 0.717) is 55.2 Å². The molecule has 2 atom stereocenters. The fourth-order valence-corrected chi connectivity index (χ4v) is 3.97. The van der Waals surface area contributed by atoms with Crippen molar-refractivity contribution in [1.82, 2.24) is 4.90 Å². The number of nitrogens with zero attached hydrogens (tertiary/aromatic N) is 2. The lowest BCUT2D eigenvalue weighted by atomic mass is 10.0. The van der Waals surface area contributed by atoms with E-state index in [9.17, 15) is 5.11 Å². The van der Waals surface area contributed by atoms with Gasteiger partial charge in [0.25, 0.3) is 0 Å². The van der Waals surface area contributed by atoms with Crippen molar-refractivity contribution in [2.24, 2.45) is 11.1 Å². The summed E-state index contributed by atoms with van der Waals surface area (Å²) >= 11 is 12.7. The quantitative estimate of drug-likeness (QED) is 0.506. The van der Waals surface area contributed by atoms with Gasteiger partial charge in [0.2, 0.25) is 0 Å². The summed E-state index contributed by atoms with van der Waals surface area (Å²) in [6.07, 6.45) is -0.0768. The summed E-state index contributed by atoms with van der Waals surface area (Å²) in [7, 11) is 0. The zero-order valence-corrected chi connectivity index (χ0v) is 19.5. The van der Waals surface area contributed by atoms with Gasteiger partial charge in [0.05, 0.1) is 18.4 Å². The molecular formula is C24H30Cl2N2O3. The minimum atomic E-state index is -0.605. The summed E-state index contributed by atoms with van der Waals surface area (Å²) in [6, 6.07) is 15.4. The number of rotatable bonds is 11. The molecule has 7 heteroatoms. The number of halogens is 2. The Hall–Kier alpha value is -1.63. The summed E-state index contributed by atoms with van der Waals surface area (Å²) in [5, 5.41) is 16.2. The molecule has 3 rings (SSSR count). The van der Waals surface area contributed by atoms with Gasteiger partial charge >= 0.3 is 0 Å². The topological polar surface area (TPSA) is 54.3 Å². The van der Waals surface area contributed by atoms with Crippen LogP contribution < -0.4 is 0 Å². The number of benzene rings is 2. The zero-order chi connectivity index (χ0) is 22.2. The van der Waals surface area contributed by atoms with E-state index in [-0.39, 0.29) is 6.10 Å². The molecule has 0 aliphatic carbocycles. The maximum Gasteiger partial charge on any atom is 0.145 e. The van der Waals surface area contributed by atoms with Crippen molar-refractivity contribution in [3.8, 4) is 0 Å². The number of aliphatic hydroxyl groups is 1. The lowest BCUT2D eigenvalue weighted by molar-refractivity contribution is -0.00733. The van der Waals surface area contributed by atoms with Gasteiger partial charge in [-0.2, -0.15) is 0 Å². The van der Waals surface area contributed by atoms with Crippen LogP contribution >= 0.6 is 23.2 Å². The standard InChI is InChI=1S/C24H30Cl2N2O3/c1-17(2)15-30-16-19(29)13-28(12-18-7-3-5-9-22(18)25)14-20-11-24(27-31-20)21-8-4-6-10-23(21)26/h3-10,17,19-20,29H,11-16H2,1-2H3/t19-,20-/m0/s1. The van der Waals surface area contributed by atoms with E-state index < -0.39 is 6.10 Å². The number of hydrogen-bond donors (Lipinski definition) is 1. The molecule has 0 aromatic heterocycles. The summed E-state index contributed by atoms with van der Waals surface area (Å²) in [4.78, 5) is 7.85. The minimum Gasteiger partial charge on any atom is -0.390 e. The highest BCUT2D eigenvalue weighted by Gasteiger charge is 2.27. The third-order valence-corrected chi connectivity index (χ3v) is 5.66. The molecule has 2 aromatic carbocycles. The molecule has 0 radical (unpaired) electrons. The van der Waals surface area contributed by atoms with Gasteiger partial charge in [-0.1, -0.05) is 78.6 Å². The Kier molecular flexibility index (Phi) is 9.17. The Bertz CT molecular complexity index is 875. The molecule has 0 saturated heterocycles. The number of ether oxygens (including phenoxy) is 1. The summed E-state index contributed by atoms with van der Waals surface area (Å²) in [5.41, 5.74) is 2.74. The van der Waals surface area contributed by atoms with Gasteiger partial charge in [-0.3, -0.25) is 4.90 Å². The first-order valence-electron chi connectivity index (χ1n) is 10.6. The van der Waals surface area contributed by atoms with Gasteiger partial charge in [-0.25, -0.2) is 0 Å². The van der Waals surface area contributed by atoms with E-state index in [0.717, 1.165) is 16.8 Å². The van der Waals surface area contributed by atoms with E-state index in [1.165, 1.54) is 0 Å². The Morgan fingerprint density at radius 3 is 2.52 bits per heavy atom. The molecule has 1 heterocycles. The summed E-state index contributed by atoms with van der Waals surface area (Å²) < 4.78 is 5.62. The molecule has 1 N–H and O–H groups in total. The Morgan fingerprint density at radius 1 is 1.10 bits per heavy atom. The predicted octanol–water partition coefficient (Wildman–Crippen LogP) is 5.02. The largest absolute Gasteiger partial charge is 0.390 e. The fraction of sp³-hybridized carbons (Fsp3) is 0.458. The van der Waals surface area contributed by atoms with Crippen LogP contribution in [0.3, 0.4) is 0 Å². The number of oxime groups is 1. The Labute approximate surface area is 194 Å². The van der Waals surface area contributed by atoms with Crippen LogP contribution in [0, 0.1) is 5.92 Å². The Balaban J connectivity index is 1.62. The maximum atomic E-state index is 10.5. The van der Waals surface area contributed by atoms with Crippen molar-refractivity contribution < 1.29 is 14.7 Å². The molecule has 5 nitrogen and oxygen atoms in total. The molecule has 0 fully saturated rings.